The number of fused-ring (bicyclic) bond motifs is 2. The number of rotatable bonds is 5. The lowest BCUT2D eigenvalue weighted by Crippen LogP contribution is -2.26. The number of nitrogens with one attached hydrogen (secondary N) is 2. The summed E-state index contributed by atoms with van der Waals surface area (Å²) in [6.07, 6.45) is 3.94. The Balaban J connectivity index is 1.33. The predicted octanol–water partition coefficient (Wildman–Crippen LogP) is 2.59. The van der Waals surface area contributed by atoms with Crippen molar-refractivity contribution in [2.45, 2.75) is 25.2 Å². The van der Waals surface area contributed by atoms with Gasteiger partial charge in [-0.25, -0.2) is 9.37 Å². The Morgan fingerprint density at radius 1 is 1.30 bits per heavy atom. The van der Waals surface area contributed by atoms with E-state index in [4.69, 9.17) is 0 Å². The molecule has 3 aromatic heterocycles. The van der Waals surface area contributed by atoms with Crippen molar-refractivity contribution in [3.8, 4) is 0 Å². The van der Waals surface area contributed by atoms with Gasteiger partial charge in [-0.05, 0) is 31.0 Å². The van der Waals surface area contributed by atoms with Gasteiger partial charge in [0.05, 0.1) is 16.6 Å². The van der Waals surface area contributed by atoms with Crippen molar-refractivity contribution >= 4 is 22.6 Å². The van der Waals surface area contributed by atoms with E-state index in [1.54, 1.807) is 4.40 Å². The second kappa shape index (κ2) is 6.15. The highest BCUT2D eigenvalue weighted by molar-refractivity contribution is 5.99. The molecular formula is C19H17FN6O. The maximum atomic E-state index is 14.0. The quantitative estimate of drug-likeness (QED) is 0.570. The average molecular weight is 364 g/mol. The molecule has 0 saturated heterocycles. The maximum absolute atomic E-state index is 14.0. The smallest absolute Gasteiger partial charge is 0.255 e. The number of halogens is 1. The second-order valence-electron chi connectivity index (χ2n) is 6.80. The molecule has 0 aliphatic heterocycles. The Bertz CT molecular complexity index is 1130. The minimum Gasteiger partial charge on any atom is -0.351 e. The third kappa shape index (κ3) is 2.92. The van der Waals surface area contributed by atoms with Gasteiger partial charge in [-0.2, -0.15) is 0 Å². The first kappa shape index (κ1) is 15.9. The van der Waals surface area contributed by atoms with Gasteiger partial charge >= 0.3 is 0 Å². The maximum Gasteiger partial charge on any atom is 0.255 e. The van der Waals surface area contributed by atoms with Crippen molar-refractivity contribution in [3.63, 3.8) is 0 Å². The number of aromatic amines is 1. The van der Waals surface area contributed by atoms with Crippen LogP contribution in [0, 0.1) is 5.82 Å². The third-order valence-corrected chi connectivity index (χ3v) is 4.77. The lowest BCUT2D eigenvalue weighted by molar-refractivity contribution is 0.0954. The summed E-state index contributed by atoms with van der Waals surface area (Å²) in [5, 5.41) is 11.1. The number of amides is 1. The number of imidazole rings is 1. The minimum atomic E-state index is -0.480. The van der Waals surface area contributed by atoms with Crippen LogP contribution >= 0.6 is 0 Å². The van der Waals surface area contributed by atoms with Crippen molar-refractivity contribution in [2.75, 3.05) is 6.54 Å². The van der Waals surface area contributed by atoms with Gasteiger partial charge < -0.3 is 10.3 Å². The number of benzene rings is 1. The van der Waals surface area contributed by atoms with Crippen molar-refractivity contribution in [1.29, 1.82) is 0 Å². The molecule has 4 aromatic rings. The summed E-state index contributed by atoms with van der Waals surface area (Å²) in [4.78, 5) is 20.3. The molecule has 5 rings (SSSR count). The molecule has 1 aromatic carbocycles. The molecule has 2 N–H and O–H groups in total. The molecule has 1 aliphatic carbocycles. The highest BCUT2D eigenvalue weighted by Crippen LogP contribution is 2.39. The lowest BCUT2D eigenvalue weighted by atomic mass is 10.2. The summed E-state index contributed by atoms with van der Waals surface area (Å²) in [5.41, 5.74) is 2.43. The molecule has 1 saturated carbocycles. The minimum absolute atomic E-state index is 0.194. The number of H-pyrrole nitrogens is 1. The SMILES string of the molecule is O=C(NCCc1nc2ccccc2[nH]1)c1cc(F)cn2c(C3CC3)nnc12. The highest BCUT2D eigenvalue weighted by atomic mass is 19.1. The number of aromatic nitrogens is 5. The molecule has 1 amide bonds. The van der Waals surface area contributed by atoms with Crippen LogP contribution in [0.4, 0.5) is 4.39 Å². The number of nitrogens with zero attached hydrogens (tertiary/aromatic N) is 4. The molecule has 0 atom stereocenters. The summed E-state index contributed by atoms with van der Waals surface area (Å²) < 4.78 is 15.6. The Morgan fingerprint density at radius 3 is 2.96 bits per heavy atom. The summed E-state index contributed by atoms with van der Waals surface area (Å²) in [7, 11) is 0. The van der Waals surface area contributed by atoms with E-state index >= 15 is 0 Å². The zero-order valence-corrected chi connectivity index (χ0v) is 14.4. The Kier molecular flexibility index (Phi) is 3.63. The fraction of sp³-hybridized carbons (Fsp3) is 0.263. The largest absolute Gasteiger partial charge is 0.351 e. The number of pyridine rings is 1. The number of hydrogen-bond donors (Lipinski definition) is 2. The van der Waals surface area contributed by atoms with Gasteiger partial charge in [-0.1, -0.05) is 12.1 Å². The van der Waals surface area contributed by atoms with Crippen LogP contribution in [0.2, 0.25) is 0 Å². The van der Waals surface area contributed by atoms with Gasteiger partial charge in [0.2, 0.25) is 0 Å². The second-order valence-corrected chi connectivity index (χ2v) is 6.80. The van der Waals surface area contributed by atoms with Crippen LogP contribution in [0.3, 0.4) is 0 Å². The average Bonchev–Trinajstić information content (AvgIpc) is 3.28. The van der Waals surface area contributed by atoms with Crippen LogP contribution in [0.25, 0.3) is 16.7 Å². The van der Waals surface area contributed by atoms with Gasteiger partial charge in [0.25, 0.3) is 5.91 Å². The molecule has 1 aliphatic rings. The summed E-state index contributed by atoms with van der Waals surface area (Å²) in [5.74, 6) is 0.975. The van der Waals surface area contributed by atoms with Gasteiger partial charge in [-0.15, -0.1) is 10.2 Å². The van der Waals surface area contributed by atoms with E-state index in [1.165, 1.54) is 12.3 Å². The molecule has 27 heavy (non-hydrogen) atoms. The molecule has 0 bridgehead atoms. The van der Waals surface area contributed by atoms with E-state index in [0.717, 1.165) is 35.5 Å². The van der Waals surface area contributed by atoms with E-state index < -0.39 is 5.82 Å². The molecule has 1 fully saturated rings. The molecule has 8 heteroatoms. The Hall–Kier alpha value is -3.29. The summed E-state index contributed by atoms with van der Waals surface area (Å²) in [6.45, 7) is 0.380. The normalized spacial score (nSPS) is 14.1. The number of carbonyl (C=O) groups is 1. The molecule has 0 radical (unpaired) electrons. The monoisotopic (exact) mass is 364 g/mol. The van der Waals surface area contributed by atoms with Crippen molar-refractivity contribution in [1.82, 2.24) is 29.9 Å². The van der Waals surface area contributed by atoms with E-state index in [1.807, 2.05) is 24.3 Å². The van der Waals surface area contributed by atoms with Crippen LogP contribution in [0.5, 0.6) is 0 Å². The zero-order valence-electron chi connectivity index (χ0n) is 14.4. The summed E-state index contributed by atoms with van der Waals surface area (Å²) >= 11 is 0. The van der Waals surface area contributed by atoms with Crippen LogP contribution < -0.4 is 5.32 Å². The van der Waals surface area contributed by atoms with E-state index in [0.29, 0.717) is 24.5 Å². The molecule has 7 nitrogen and oxygen atoms in total. The molecule has 136 valence electrons. The van der Waals surface area contributed by atoms with Gasteiger partial charge in [0, 0.05) is 25.1 Å². The number of para-hydroxylation sites is 2. The fourth-order valence-corrected chi connectivity index (χ4v) is 3.28. The Morgan fingerprint density at radius 2 is 2.15 bits per heavy atom. The van der Waals surface area contributed by atoms with Crippen LogP contribution in [0.15, 0.2) is 36.5 Å². The number of hydrogen-bond acceptors (Lipinski definition) is 4. The van der Waals surface area contributed by atoms with E-state index in [-0.39, 0.29) is 11.5 Å². The van der Waals surface area contributed by atoms with Gasteiger partial charge in [0.15, 0.2) is 5.65 Å². The predicted molar refractivity (Wildman–Crippen MR) is 97.1 cm³/mol. The Labute approximate surface area is 153 Å². The van der Waals surface area contributed by atoms with Crippen molar-refractivity contribution < 1.29 is 9.18 Å². The number of carbonyl (C=O) groups excluding carboxylic acids is 1. The standard InChI is InChI=1S/C19H17FN6O/c20-12-9-13(18-25-24-17(11-5-6-11)26(18)10-12)19(27)21-8-7-16-22-14-3-1-2-4-15(14)23-16/h1-4,9-11H,5-8H2,(H,21,27)(H,22,23). The third-order valence-electron chi connectivity index (χ3n) is 4.77. The molecule has 3 heterocycles. The lowest BCUT2D eigenvalue weighted by Gasteiger charge is -2.06. The summed E-state index contributed by atoms with van der Waals surface area (Å²) in [6, 6.07) is 8.96. The van der Waals surface area contributed by atoms with Crippen LogP contribution in [0.1, 0.15) is 40.8 Å². The fourth-order valence-electron chi connectivity index (χ4n) is 3.28. The first-order valence-electron chi connectivity index (χ1n) is 8.95. The van der Waals surface area contributed by atoms with Gasteiger partial charge in [-0.3, -0.25) is 9.20 Å². The highest BCUT2D eigenvalue weighted by Gasteiger charge is 2.30. The van der Waals surface area contributed by atoms with E-state index in [9.17, 15) is 9.18 Å². The molecule has 0 unspecified atom stereocenters. The van der Waals surface area contributed by atoms with Crippen molar-refractivity contribution in [2.24, 2.45) is 0 Å². The van der Waals surface area contributed by atoms with Gasteiger partial charge in [0.1, 0.15) is 17.5 Å². The first-order valence-corrected chi connectivity index (χ1v) is 8.95. The van der Waals surface area contributed by atoms with E-state index in [2.05, 4.69) is 25.5 Å². The first-order chi connectivity index (χ1) is 13.2. The van der Waals surface area contributed by atoms with Crippen molar-refractivity contribution in [3.05, 3.63) is 59.6 Å². The molecule has 0 spiro atoms. The van der Waals surface area contributed by atoms with Crippen LogP contribution in [-0.4, -0.2) is 37.0 Å². The zero-order chi connectivity index (χ0) is 18.4. The topological polar surface area (TPSA) is 88.0 Å². The molecular weight excluding hydrogens is 347 g/mol. The van der Waals surface area contributed by atoms with Crippen LogP contribution in [-0.2, 0) is 6.42 Å².